The summed E-state index contributed by atoms with van der Waals surface area (Å²) in [7, 11) is 1.81. The van der Waals surface area contributed by atoms with Crippen molar-refractivity contribution in [2.45, 2.75) is 19.9 Å². The third-order valence-corrected chi connectivity index (χ3v) is 3.93. The number of morpholine rings is 1. The van der Waals surface area contributed by atoms with Crippen LogP contribution in [0.15, 0.2) is 23.5 Å². The summed E-state index contributed by atoms with van der Waals surface area (Å²) >= 11 is 0. The zero-order valence-corrected chi connectivity index (χ0v) is 17.1. The second kappa shape index (κ2) is 12.5. The van der Waals surface area contributed by atoms with Crippen LogP contribution in [-0.4, -0.2) is 73.6 Å². The Morgan fingerprint density at radius 2 is 2.12 bits per heavy atom. The molecular formula is C16H31IN6O. The minimum absolute atomic E-state index is 0. The van der Waals surface area contributed by atoms with Crippen molar-refractivity contribution in [2.24, 2.45) is 10.9 Å². The molecule has 0 aliphatic carbocycles. The van der Waals surface area contributed by atoms with Crippen molar-refractivity contribution < 1.29 is 4.74 Å². The van der Waals surface area contributed by atoms with Crippen LogP contribution in [0.3, 0.4) is 0 Å². The first kappa shape index (κ1) is 21.2. The Morgan fingerprint density at radius 1 is 1.33 bits per heavy atom. The van der Waals surface area contributed by atoms with Crippen LogP contribution in [0.25, 0.3) is 0 Å². The van der Waals surface area contributed by atoms with Gasteiger partial charge in [0.15, 0.2) is 5.96 Å². The van der Waals surface area contributed by atoms with E-state index in [1.54, 1.807) is 0 Å². The summed E-state index contributed by atoms with van der Waals surface area (Å²) in [6.07, 6.45) is 4.82. The van der Waals surface area contributed by atoms with E-state index in [2.05, 4.69) is 32.5 Å². The van der Waals surface area contributed by atoms with Gasteiger partial charge in [0, 0.05) is 58.7 Å². The van der Waals surface area contributed by atoms with E-state index in [1.807, 2.05) is 30.2 Å². The normalized spacial score (nSPS) is 17.2. The molecule has 1 aliphatic heterocycles. The average molecular weight is 450 g/mol. The summed E-state index contributed by atoms with van der Waals surface area (Å²) in [5, 5.41) is 11.0. The zero-order valence-electron chi connectivity index (χ0n) is 14.8. The van der Waals surface area contributed by atoms with E-state index < -0.39 is 0 Å². The quantitative estimate of drug-likeness (QED) is 0.268. The molecule has 1 unspecified atom stereocenters. The van der Waals surface area contributed by atoms with Crippen LogP contribution < -0.4 is 10.6 Å². The number of aromatic nitrogens is 2. The van der Waals surface area contributed by atoms with Gasteiger partial charge in [-0.15, -0.1) is 24.0 Å². The molecule has 1 aliphatic rings. The Kier molecular flexibility index (Phi) is 11.0. The lowest BCUT2D eigenvalue weighted by atomic mass is 10.1. The fraction of sp³-hybridized carbons (Fsp3) is 0.750. The highest BCUT2D eigenvalue weighted by atomic mass is 127. The van der Waals surface area contributed by atoms with Crippen molar-refractivity contribution in [3.63, 3.8) is 0 Å². The lowest BCUT2D eigenvalue weighted by Crippen LogP contribution is -2.44. The fourth-order valence-electron chi connectivity index (χ4n) is 2.66. The third-order valence-electron chi connectivity index (χ3n) is 3.93. The summed E-state index contributed by atoms with van der Waals surface area (Å²) in [6, 6.07) is 1.95. The molecule has 1 saturated heterocycles. The highest BCUT2D eigenvalue weighted by Crippen LogP contribution is 2.02. The van der Waals surface area contributed by atoms with Crippen molar-refractivity contribution in [2.75, 3.05) is 53.0 Å². The summed E-state index contributed by atoms with van der Waals surface area (Å²) in [5.41, 5.74) is 0. The van der Waals surface area contributed by atoms with Gasteiger partial charge in [-0.2, -0.15) is 5.10 Å². The first-order chi connectivity index (χ1) is 11.3. The summed E-state index contributed by atoms with van der Waals surface area (Å²) in [4.78, 5) is 6.75. The second-order valence-electron chi connectivity index (χ2n) is 6.02. The number of nitrogens with zero attached hydrogens (tertiary/aromatic N) is 4. The first-order valence-corrected chi connectivity index (χ1v) is 8.50. The van der Waals surface area contributed by atoms with E-state index in [0.29, 0.717) is 5.92 Å². The molecule has 7 nitrogen and oxygen atoms in total. The number of hydrogen-bond donors (Lipinski definition) is 2. The predicted molar refractivity (Wildman–Crippen MR) is 108 cm³/mol. The van der Waals surface area contributed by atoms with Gasteiger partial charge in [0.25, 0.3) is 0 Å². The maximum atomic E-state index is 5.39. The second-order valence-corrected chi connectivity index (χ2v) is 6.02. The molecule has 1 aromatic heterocycles. The molecule has 1 atom stereocenters. The van der Waals surface area contributed by atoms with E-state index in [0.717, 1.165) is 64.9 Å². The molecule has 2 heterocycles. The lowest BCUT2D eigenvalue weighted by Gasteiger charge is -2.29. The number of halogens is 1. The largest absolute Gasteiger partial charge is 0.379 e. The van der Waals surface area contributed by atoms with Gasteiger partial charge in [-0.05, 0) is 18.4 Å². The molecule has 1 aromatic rings. The van der Waals surface area contributed by atoms with Crippen LogP contribution in [-0.2, 0) is 11.3 Å². The van der Waals surface area contributed by atoms with E-state index >= 15 is 0 Å². The number of hydrogen-bond acceptors (Lipinski definition) is 4. The monoisotopic (exact) mass is 450 g/mol. The molecule has 0 spiro atoms. The number of nitrogens with one attached hydrogen (secondary N) is 2. The standard InChI is InChI=1S/C16H30N6O.HI/c1-15(14-21-9-11-23-12-10-21)13-19-16(17-2)18-5-3-7-22-8-4-6-20-22;/h4,6,8,15H,3,5,7,9-14H2,1-2H3,(H2,17,18,19);1H. The van der Waals surface area contributed by atoms with Crippen molar-refractivity contribution in [3.05, 3.63) is 18.5 Å². The van der Waals surface area contributed by atoms with Crippen molar-refractivity contribution >= 4 is 29.9 Å². The average Bonchev–Trinajstić information content (AvgIpc) is 3.08. The Balaban J connectivity index is 0.00000288. The van der Waals surface area contributed by atoms with Crippen LogP contribution in [0, 0.1) is 5.92 Å². The fourth-order valence-corrected chi connectivity index (χ4v) is 2.66. The molecule has 0 amide bonds. The van der Waals surface area contributed by atoms with E-state index in [1.165, 1.54) is 0 Å². The maximum Gasteiger partial charge on any atom is 0.190 e. The van der Waals surface area contributed by atoms with Gasteiger partial charge in [-0.3, -0.25) is 14.6 Å². The molecule has 0 bridgehead atoms. The number of rotatable bonds is 8. The number of guanidine groups is 1. The minimum atomic E-state index is 0. The minimum Gasteiger partial charge on any atom is -0.379 e. The van der Waals surface area contributed by atoms with Gasteiger partial charge in [-0.25, -0.2) is 0 Å². The maximum absolute atomic E-state index is 5.39. The Labute approximate surface area is 162 Å². The molecule has 2 rings (SSSR count). The third kappa shape index (κ3) is 8.29. The highest BCUT2D eigenvalue weighted by Gasteiger charge is 2.13. The highest BCUT2D eigenvalue weighted by molar-refractivity contribution is 14.0. The molecule has 138 valence electrons. The molecule has 24 heavy (non-hydrogen) atoms. The van der Waals surface area contributed by atoms with E-state index in [9.17, 15) is 0 Å². The van der Waals surface area contributed by atoms with E-state index in [4.69, 9.17) is 4.74 Å². The molecule has 1 fully saturated rings. The molecule has 8 heteroatoms. The SMILES string of the molecule is CN=C(NCCCn1cccn1)NCC(C)CN1CCOCC1.I. The topological polar surface area (TPSA) is 66.7 Å². The predicted octanol–water partition coefficient (Wildman–Crippen LogP) is 1.02. The van der Waals surface area contributed by atoms with Crippen LogP contribution in [0.5, 0.6) is 0 Å². The van der Waals surface area contributed by atoms with Gasteiger partial charge in [-0.1, -0.05) is 6.92 Å². The lowest BCUT2D eigenvalue weighted by molar-refractivity contribution is 0.0320. The van der Waals surface area contributed by atoms with Gasteiger partial charge < -0.3 is 15.4 Å². The number of aliphatic imine (C=N–C) groups is 1. The molecule has 2 N–H and O–H groups in total. The summed E-state index contributed by atoms with van der Waals surface area (Å²) in [6.45, 7) is 9.92. The van der Waals surface area contributed by atoms with Crippen molar-refractivity contribution in [1.82, 2.24) is 25.3 Å². The zero-order chi connectivity index (χ0) is 16.3. The molecular weight excluding hydrogens is 419 g/mol. The van der Waals surface area contributed by atoms with Gasteiger partial charge in [0.05, 0.1) is 13.2 Å². The van der Waals surface area contributed by atoms with Gasteiger partial charge in [0.2, 0.25) is 0 Å². The summed E-state index contributed by atoms with van der Waals surface area (Å²) < 4.78 is 7.33. The van der Waals surface area contributed by atoms with Crippen LogP contribution in [0.2, 0.25) is 0 Å². The molecule has 0 saturated carbocycles. The Morgan fingerprint density at radius 3 is 2.79 bits per heavy atom. The van der Waals surface area contributed by atoms with E-state index in [-0.39, 0.29) is 24.0 Å². The first-order valence-electron chi connectivity index (χ1n) is 8.50. The van der Waals surface area contributed by atoms with Crippen molar-refractivity contribution in [3.8, 4) is 0 Å². The Hall–Kier alpha value is -0.870. The smallest absolute Gasteiger partial charge is 0.190 e. The molecule has 0 aromatic carbocycles. The van der Waals surface area contributed by atoms with Crippen LogP contribution in [0.4, 0.5) is 0 Å². The number of ether oxygens (including phenoxy) is 1. The van der Waals surface area contributed by atoms with Crippen LogP contribution in [0.1, 0.15) is 13.3 Å². The summed E-state index contributed by atoms with van der Waals surface area (Å²) in [5.74, 6) is 1.45. The van der Waals surface area contributed by atoms with Crippen molar-refractivity contribution in [1.29, 1.82) is 0 Å². The number of aryl methyl sites for hydroxylation is 1. The molecule has 0 radical (unpaired) electrons. The van der Waals surface area contributed by atoms with Gasteiger partial charge >= 0.3 is 0 Å². The van der Waals surface area contributed by atoms with Crippen LogP contribution >= 0.6 is 24.0 Å². The Bertz CT molecular complexity index is 447. The van der Waals surface area contributed by atoms with Gasteiger partial charge in [0.1, 0.15) is 0 Å².